The number of hydrogen-bond donors (Lipinski definition) is 0. The van der Waals surface area contributed by atoms with E-state index in [2.05, 4.69) is 40.8 Å². The van der Waals surface area contributed by atoms with Crippen LogP contribution < -0.4 is 0 Å². The second kappa shape index (κ2) is 6.55. The van der Waals surface area contributed by atoms with Gasteiger partial charge in [-0.15, -0.1) is 0 Å². The van der Waals surface area contributed by atoms with E-state index in [0.717, 1.165) is 32.2 Å². The summed E-state index contributed by atoms with van der Waals surface area (Å²) in [5.41, 5.74) is 0. The smallest absolute Gasteiger partial charge is 0.191 e. The summed E-state index contributed by atoms with van der Waals surface area (Å²) in [6, 6.07) is 0. The molecule has 0 N–H and O–H groups in total. The molecule has 0 bridgehead atoms. The first-order valence-electron chi connectivity index (χ1n) is 6.34. The molecule has 1 atom stereocenters. The van der Waals surface area contributed by atoms with Gasteiger partial charge in [0.1, 0.15) is 6.29 Å². The third-order valence-electron chi connectivity index (χ3n) is 3.71. The van der Waals surface area contributed by atoms with Crippen LogP contribution in [0.2, 0.25) is 18.1 Å². The Morgan fingerprint density at radius 1 is 1.31 bits per heavy atom. The normalized spacial score (nSPS) is 14.9. The highest BCUT2D eigenvalue weighted by molar-refractivity contribution is 6.74. The number of carbonyl (C=O) groups excluding carboxylic acids is 1. The molecular formula is C13H28O2Si. The highest BCUT2D eigenvalue weighted by Gasteiger charge is 2.36. The van der Waals surface area contributed by atoms with E-state index in [1.165, 1.54) is 0 Å². The molecule has 0 aliphatic heterocycles. The molecule has 0 saturated heterocycles. The Labute approximate surface area is 102 Å². The predicted octanol–water partition coefficient (Wildman–Crippen LogP) is 4.01. The lowest BCUT2D eigenvalue weighted by Crippen LogP contribution is -2.41. The van der Waals surface area contributed by atoms with Gasteiger partial charge in [0.2, 0.25) is 0 Å². The van der Waals surface area contributed by atoms with Crippen LogP contribution in [0.5, 0.6) is 0 Å². The molecule has 0 aromatic rings. The fourth-order valence-corrected chi connectivity index (χ4v) is 2.35. The van der Waals surface area contributed by atoms with Crippen molar-refractivity contribution in [2.45, 2.75) is 65.1 Å². The molecule has 0 rings (SSSR count). The minimum Gasteiger partial charge on any atom is -0.417 e. The van der Waals surface area contributed by atoms with Crippen LogP contribution in [0.15, 0.2) is 0 Å². The first kappa shape index (κ1) is 15.8. The van der Waals surface area contributed by atoms with Crippen LogP contribution in [0.3, 0.4) is 0 Å². The fraction of sp³-hybridized carbons (Fsp3) is 0.923. The Bertz CT molecular complexity index is 206. The van der Waals surface area contributed by atoms with Gasteiger partial charge < -0.3 is 9.22 Å². The maximum atomic E-state index is 10.7. The third-order valence-corrected chi connectivity index (χ3v) is 8.24. The molecule has 0 saturated carbocycles. The van der Waals surface area contributed by atoms with Gasteiger partial charge in [-0.3, -0.25) is 0 Å². The summed E-state index contributed by atoms with van der Waals surface area (Å²) < 4.78 is 6.06. The van der Waals surface area contributed by atoms with Crippen LogP contribution in [0.25, 0.3) is 0 Å². The molecular weight excluding hydrogens is 216 g/mol. The van der Waals surface area contributed by atoms with E-state index >= 15 is 0 Å². The van der Waals surface area contributed by atoms with Gasteiger partial charge in [0.15, 0.2) is 8.32 Å². The molecule has 0 fully saturated rings. The van der Waals surface area contributed by atoms with Gasteiger partial charge in [0, 0.05) is 12.5 Å². The van der Waals surface area contributed by atoms with Crippen LogP contribution in [-0.4, -0.2) is 21.2 Å². The summed E-state index contributed by atoms with van der Waals surface area (Å²) in [4.78, 5) is 10.7. The average molecular weight is 244 g/mol. The molecule has 0 aliphatic carbocycles. The second-order valence-corrected chi connectivity index (χ2v) is 10.9. The number of rotatable bonds is 7. The highest BCUT2D eigenvalue weighted by Crippen LogP contribution is 2.36. The standard InChI is InChI=1S/C13H28O2Si/c1-7-12(11-14)9-8-10-15-16(5,6)13(2,3)4/h11-12H,7-10H2,1-6H3/t12-/m0/s1. The van der Waals surface area contributed by atoms with E-state index in [1.54, 1.807) is 0 Å². The molecule has 0 unspecified atom stereocenters. The van der Waals surface area contributed by atoms with E-state index in [9.17, 15) is 4.79 Å². The van der Waals surface area contributed by atoms with Crippen LogP contribution in [0.4, 0.5) is 0 Å². The van der Waals surface area contributed by atoms with Gasteiger partial charge in [-0.1, -0.05) is 27.7 Å². The summed E-state index contributed by atoms with van der Waals surface area (Å²) in [6.07, 6.45) is 3.99. The molecule has 3 heteroatoms. The quantitative estimate of drug-likeness (QED) is 0.384. The second-order valence-electron chi connectivity index (χ2n) is 6.06. The zero-order valence-corrected chi connectivity index (χ0v) is 12.8. The van der Waals surface area contributed by atoms with E-state index in [0.29, 0.717) is 0 Å². The van der Waals surface area contributed by atoms with Gasteiger partial charge in [0.05, 0.1) is 0 Å². The van der Waals surface area contributed by atoms with Crippen molar-refractivity contribution in [3.8, 4) is 0 Å². The average Bonchev–Trinajstić information content (AvgIpc) is 2.16. The predicted molar refractivity (Wildman–Crippen MR) is 72.2 cm³/mol. The number of aldehydes is 1. The lowest BCUT2D eigenvalue weighted by Gasteiger charge is -2.36. The van der Waals surface area contributed by atoms with Gasteiger partial charge >= 0.3 is 0 Å². The highest BCUT2D eigenvalue weighted by atomic mass is 28.4. The monoisotopic (exact) mass is 244 g/mol. The first-order chi connectivity index (χ1) is 7.24. The Balaban J connectivity index is 3.86. The minimum atomic E-state index is -1.59. The van der Waals surface area contributed by atoms with Crippen LogP contribution >= 0.6 is 0 Å². The fourth-order valence-electron chi connectivity index (χ4n) is 1.26. The molecule has 0 aromatic heterocycles. The Hall–Kier alpha value is -0.153. The Morgan fingerprint density at radius 3 is 2.25 bits per heavy atom. The molecule has 96 valence electrons. The molecule has 0 aromatic carbocycles. The lowest BCUT2D eigenvalue weighted by atomic mass is 10.0. The molecule has 16 heavy (non-hydrogen) atoms. The van der Waals surface area contributed by atoms with Crippen molar-refractivity contribution in [2.75, 3.05) is 6.61 Å². The van der Waals surface area contributed by atoms with Gasteiger partial charge in [0.25, 0.3) is 0 Å². The molecule has 2 nitrogen and oxygen atoms in total. The molecule has 0 radical (unpaired) electrons. The third kappa shape index (κ3) is 5.26. The van der Waals surface area contributed by atoms with Crippen LogP contribution in [0, 0.1) is 5.92 Å². The van der Waals surface area contributed by atoms with Crippen molar-refractivity contribution >= 4 is 14.6 Å². The summed E-state index contributed by atoms with van der Waals surface area (Å²) in [7, 11) is -1.59. The van der Waals surface area contributed by atoms with Crippen molar-refractivity contribution < 1.29 is 9.22 Å². The zero-order chi connectivity index (χ0) is 12.8. The topological polar surface area (TPSA) is 26.3 Å². The molecule has 0 amide bonds. The van der Waals surface area contributed by atoms with Crippen LogP contribution in [-0.2, 0) is 9.22 Å². The van der Waals surface area contributed by atoms with E-state index in [4.69, 9.17) is 4.43 Å². The number of carbonyl (C=O) groups is 1. The first-order valence-corrected chi connectivity index (χ1v) is 9.24. The maximum Gasteiger partial charge on any atom is 0.191 e. The number of hydrogen-bond acceptors (Lipinski definition) is 2. The zero-order valence-electron chi connectivity index (χ0n) is 11.8. The molecule has 0 aliphatic rings. The Morgan fingerprint density at radius 2 is 1.88 bits per heavy atom. The van der Waals surface area contributed by atoms with Gasteiger partial charge in [-0.25, -0.2) is 0 Å². The minimum absolute atomic E-state index is 0.225. The summed E-state index contributed by atoms with van der Waals surface area (Å²) in [6.45, 7) is 14.2. The summed E-state index contributed by atoms with van der Waals surface area (Å²) in [5.74, 6) is 0.225. The van der Waals surface area contributed by atoms with Gasteiger partial charge in [-0.05, 0) is 37.4 Å². The SMILES string of the molecule is CC[C@H](C=O)CCCO[Si](C)(C)C(C)(C)C. The van der Waals surface area contributed by atoms with Crippen molar-refractivity contribution in [3.63, 3.8) is 0 Å². The van der Waals surface area contributed by atoms with Crippen LogP contribution in [0.1, 0.15) is 47.0 Å². The van der Waals surface area contributed by atoms with Crippen molar-refractivity contribution in [3.05, 3.63) is 0 Å². The summed E-state index contributed by atoms with van der Waals surface area (Å²) >= 11 is 0. The molecule has 0 heterocycles. The van der Waals surface area contributed by atoms with Gasteiger partial charge in [-0.2, -0.15) is 0 Å². The van der Waals surface area contributed by atoms with E-state index in [1.807, 2.05) is 0 Å². The lowest BCUT2D eigenvalue weighted by molar-refractivity contribution is -0.111. The largest absolute Gasteiger partial charge is 0.417 e. The van der Waals surface area contributed by atoms with Crippen molar-refractivity contribution in [1.82, 2.24) is 0 Å². The van der Waals surface area contributed by atoms with E-state index < -0.39 is 8.32 Å². The summed E-state index contributed by atoms with van der Waals surface area (Å²) in [5, 5.41) is 0.280. The Kier molecular flexibility index (Phi) is 6.49. The van der Waals surface area contributed by atoms with Crippen molar-refractivity contribution in [1.29, 1.82) is 0 Å². The van der Waals surface area contributed by atoms with Crippen molar-refractivity contribution in [2.24, 2.45) is 5.92 Å². The molecule has 0 spiro atoms. The van der Waals surface area contributed by atoms with E-state index in [-0.39, 0.29) is 11.0 Å². The maximum absolute atomic E-state index is 10.7.